The lowest BCUT2D eigenvalue weighted by molar-refractivity contribution is 0.218. The minimum atomic E-state index is 0.658. The van der Waals surface area contributed by atoms with Gasteiger partial charge in [0.15, 0.2) is 0 Å². The molecule has 7 nitrogen and oxygen atoms in total. The molecular formula is C32H51N7. The smallest absolute Gasteiger partial charge is 0.113 e. The summed E-state index contributed by atoms with van der Waals surface area (Å²) in [6.07, 6.45) is 22.1. The highest BCUT2D eigenvalue weighted by Crippen LogP contribution is 2.24. The van der Waals surface area contributed by atoms with E-state index in [1.807, 2.05) is 47.1 Å². The first-order valence-electron chi connectivity index (χ1n) is 15.5. The Balaban J connectivity index is 1.31. The molecule has 1 heterocycles. The summed E-state index contributed by atoms with van der Waals surface area (Å²) in [5.41, 5.74) is 11.0. The predicted molar refractivity (Wildman–Crippen MR) is 164 cm³/mol. The van der Waals surface area contributed by atoms with Gasteiger partial charge < -0.3 is 5.32 Å². The molecule has 0 unspecified atom stereocenters. The van der Waals surface area contributed by atoms with E-state index in [1.165, 1.54) is 96.3 Å². The normalized spacial score (nSPS) is 11.4. The van der Waals surface area contributed by atoms with Crippen molar-refractivity contribution in [1.82, 2.24) is 19.9 Å². The van der Waals surface area contributed by atoms with E-state index in [0.717, 1.165) is 29.7 Å². The Hall–Kier alpha value is -2.80. The maximum atomic E-state index is 7.45. The number of unbranched alkanes of at least 4 members (excludes halogenated alkanes) is 15. The van der Waals surface area contributed by atoms with Gasteiger partial charge in [-0.15, -0.1) is 5.10 Å². The van der Waals surface area contributed by atoms with E-state index in [-0.39, 0.29) is 0 Å². The van der Waals surface area contributed by atoms with Gasteiger partial charge in [0, 0.05) is 6.54 Å². The fraction of sp³-hybridized carbons (Fsp3) is 0.625. The average Bonchev–Trinajstić information content (AvgIpc) is 3.38. The molecule has 3 rings (SSSR count). The van der Waals surface area contributed by atoms with Crippen molar-refractivity contribution >= 4 is 22.4 Å². The van der Waals surface area contributed by atoms with Gasteiger partial charge in [0.2, 0.25) is 0 Å². The van der Waals surface area contributed by atoms with Gasteiger partial charge in [-0.3, -0.25) is 4.90 Å². The number of anilines is 1. The molecule has 0 radical (unpaired) electrons. The van der Waals surface area contributed by atoms with Crippen molar-refractivity contribution in [2.75, 3.05) is 18.5 Å². The first-order chi connectivity index (χ1) is 19.3. The summed E-state index contributed by atoms with van der Waals surface area (Å²) in [5.74, 6) is 0. The van der Waals surface area contributed by atoms with Gasteiger partial charge in [-0.05, 0) is 30.7 Å². The van der Waals surface area contributed by atoms with Crippen molar-refractivity contribution in [3.63, 3.8) is 0 Å². The quantitative estimate of drug-likeness (QED) is 0.0722. The molecule has 0 bridgehead atoms. The lowest BCUT2D eigenvalue weighted by Gasteiger charge is -2.23. The number of fused-ring (bicyclic) bond motifs is 1. The Kier molecular flexibility index (Phi) is 15.2. The number of rotatable bonds is 23. The van der Waals surface area contributed by atoms with Crippen LogP contribution in [0.2, 0.25) is 0 Å². The molecule has 0 aliphatic carbocycles. The Morgan fingerprint density at radius 3 is 1.95 bits per heavy atom. The van der Waals surface area contributed by atoms with Crippen molar-refractivity contribution in [3.05, 3.63) is 48.5 Å². The Morgan fingerprint density at radius 2 is 1.31 bits per heavy atom. The Bertz CT molecular complexity index is 1050. The highest BCUT2D eigenvalue weighted by molar-refractivity contribution is 5.73. The van der Waals surface area contributed by atoms with Crippen molar-refractivity contribution in [2.24, 2.45) is 5.11 Å². The van der Waals surface area contributed by atoms with E-state index in [1.54, 1.807) is 0 Å². The van der Waals surface area contributed by atoms with Crippen LogP contribution in [-0.4, -0.2) is 33.1 Å². The van der Waals surface area contributed by atoms with Crippen LogP contribution >= 0.6 is 0 Å². The third-order valence-corrected chi connectivity index (χ3v) is 7.60. The van der Waals surface area contributed by atoms with Crippen molar-refractivity contribution in [1.29, 1.82) is 5.53 Å². The molecule has 214 valence electrons. The summed E-state index contributed by atoms with van der Waals surface area (Å²) < 4.78 is 1.98. The summed E-state index contributed by atoms with van der Waals surface area (Å²) in [6, 6.07) is 15.8. The van der Waals surface area contributed by atoms with Crippen molar-refractivity contribution < 1.29 is 0 Å². The summed E-state index contributed by atoms with van der Waals surface area (Å²) in [5, 5.41) is 15.9. The van der Waals surface area contributed by atoms with E-state index >= 15 is 0 Å². The fourth-order valence-corrected chi connectivity index (χ4v) is 5.21. The Morgan fingerprint density at radius 1 is 0.744 bits per heavy atom. The molecule has 0 aliphatic heterocycles. The van der Waals surface area contributed by atoms with Crippen LogP contribution in [0, 0.1) is 5.53 Å². The zero-order valence-electron chi connectivity index (χ0n) is 24.3. The van der Waals surface area contributed by atoms with Crippen molar-refractivity contribution in [2.45, 2.75) is 116 Å². The number of para-hydroxylation sites is 3. The molecule has 0 fully saturated rings. The number of benzene rings is 2. The molecule has 0 amide bonds. The molecule has 0 aliphatic rings. The molecule has 0 atom stereocenters. The lowest BCUT2D eigenvalue weighted by Crippen LogP contribution is -2.33. The van der Waals surface area contributed by atoms with Gasteiger partial charge >= 0.3 is 0 Å². The molecule has 1 aromatic heterocycles. The summed E-state index contributed by atoms with van der Waals surface area (Å²) in [7, 11) is 0. The maximum Gasteiger partial charge on any atom is 0.113 e. The predicted octanol–water partition coefficient (Wildman–Crippen LogP) is 9.68. The van der Waals surface area contributed by atoms with E-state index < -0.39 is 0 Å². The number of nitrogens with one attached hydrogen (secondary N) is 2. The van der Waals surface area contributed by atoms with E-state index in [9.17, 15) is 0 Å². The standard InChI is InChI=1S/C32H51N7/c1-2-3-4-5-6-7-8-9-10-11-12-13-14-15-16-21-26-38(27-34-29-22-17-18-23-30(29)35-33)28-39-32-25-20-19-24-31(32)36-37-39/h17-20,22-25,33-34H,2-16,21,26-28H2,1H3. The topological polar surface area (TPSA) is 82.2 Å². The lowest BCUT2D eigenvalue weighted by atomic mass is 10.0. The molecule has 39 heavy (non-hydrogen) atoms. The highest BCUT2D eigenvalue weighted by atomic mass is 15.5. The number of nitrogens with zero attached hydrogens (tertiary/aromatic N) is 5. The number of hydrogen-bond acceptors (Lipinski definition) is 6. The van der Waals surface area contributed by atoms with Crippen LogP contribution in [0.4, 0.5) is 11.4 Å². The highest BCUT2D eigenvalue weighted by Gasteiger charge is 2.11. The second-order valence-electron chi connectivity index (χ2n) is 10.9. The second kappa shape index (κ2) is 19.3. The first kappa shape index (κ1) is 30.7. The van der Waals surface area contributed by atoms with E-state index in [2.05, 4.69) is 38.6 Å². The van der Waals surface area contributed by atoms with Gasteiger partial charge in [-0.25, -0.2) is 10.2 Å². The molecule has 0 saturated carbocycles. The van der Waals surface area contributed by atoms with Gasteiger partial charge in [-0.1, -0.05) is 133 Å². The van der Waals surface area contributed by atoms with Crippen LogP contribution in [0.1, 0.15) is 110 Å². The molecule has 2 aromatic carbocycles. The van der Waals surface area contributed by atoms with Gasteiger partial charge in [0.25, 0.3) is 0 Å². The molecule has 2 N–H and O–H groups in total. The minimum absolute atomic E-state index is 0.658. The molecule has 7 heteroatoms. The molecule has 0 saturated heterocycles. The average molecular weight is 534 g/mol. The van der Waals surface area contributed by atoms with Crippen LogP contribution in [0.25, 0.3) is 11.0 Å². The van der Waals surface area contributed by atoms with Crippen LogP contribution in [0.15, 0.2) is 53.6 Å². The molecule has 0 spiro atoms. The van der Waals surface area contributed by atoms with Gasteiger partial charge in [0.1, 0.15) is 11.2 Å². The van der Waals surface area contributed by atoms with Gasteiger partial charge in [0.05, 0.1) is 24.5 Å². The summed E-state index contributed by atoms with van der Waals surface area (Å²) in [6.45, 7) is 4.61. The molecule has 3 aromatic rings. The zero-order chi connectivity index (χ0) is 27.4. The number of hydrogen-bond donors (Lipinski definition) is 2. The van der Waals surface area contributed by atoms with E-state index in [0.29, 0.717) is 19.0 Å². The monoisotopic (exact) mass is 533 g/mol. The van der Waals surface area contributed by atoms with Crippen LogP contribution in [0.5, 0.6) is 0 Å². The third-order valence-electron chi connectivity index (χ3n) is 7.60. The van der Waals surface area contributed by atoms with Crippen molar-refractivity contribution in [3.8, 4) is 0 Å². The SMILES string of the molecule is CCCCCCCCCCCCCCCCCCN(CNc1ccccc1N=N)Cn1nnc2ccccc21. The fourth-order valence-electron chi connectivity index (χ4n) is 5.21. The molecular weight excluding hydrogens is 482 g/mol. The minimum Gasteiger partial charge on any atom is -0.370 e. The summed E-state index contributed by atoms with van der Waals surface area (Å²) >= 11 is 0. The van der Waals surface area contributed by atoms with Crippen LogP contribution in [0.3, 0.4) is 0 Å². The van der Waals surface area contributed by atoms with Crippen LogP contribution < -0.4 is 5.32 Å². The summed E-state index contributed by atoms with van der Waals surface area (Å²) in [4.78, 5) is 2.37. The third kappa shape index (κ3) is 11.9. The van der Waals surface area contributed by atoms with Gasteiger partial charge in [-0.2, -0.15) is 5.11 Å². The maximum absolute atomic E-state index is 7.45. The first-order valence-corrected chi connectivity index (χ1v) is 15.5. The largest absolute Gasteiger partial charge is 0.370 e. The Labute approximate surface area is 236 Å². The van der Waals surface area contributed by atoms with E-state index in [4.69, 9.17) is 5.53 Å². The van der Waals surface area contributed by atoms with Crippen LogP contribution in [-0.2, 0) is 6.67 Å². The number of aromatic nitrogens is 3. The second-order valence-corrected chi connectivity index (χ2v) is 10.9. The zero-order valence-corrected chi connectivity index (χ0v) is 24.3.